The third-order valence-corrected chi connectivity index (χ3v) is 3.87. The van der Waals surface area contributed by atoms with Crippen LogP contribution >= 0.6 is 0 Å². The van der Waals surface area contributed by atoms with Gasteiger partial charge in [-0.1, -0.05) is 6.92 Å². The number of nitrogens with one attached hydrogen (secondary N) is 1. The van der Waals surface area contributed by atoms with Gasteiger partial charge in [0.2, 0.25) is 0 Å². The number of carbonyl (C=O) groups excluding carboxylic acids is 3. The minimum atomic E-state index is -0.628. The van der Waals surface area contributed by atoms with Crippen molar-refractivity contribution in [2.45, 2.75) is 26.2 Å². The van der Waals surface area contributed by atoms with Gasteiger partial charge in [-0.2, -0.15) is 5.26 Å². The van der Waals surface area contributed by atoms with Crippen molar-refractivity contribution in [2.75, 3.05) is 18.5 Å². The number of nitrogens with zero attached hydrogens (tertiary/aromatic N) is 1. The number of ether oxygens (including phenoxy) is 2. The summed E-state index contributed by atoms with van der Waals surface area (Å²) < 4.78 is 10.4. The van der Waals surface area contributed by atoms with E-state index < -0.39 is 18.5 Å². The zero-order chi connectivity index (χ0) is 21.1. The molecule has 0 heterocycles. The van der Waals surface area contributed by atoms with Crippen LogP contribution in [0, 0.1) is 11.3 Å². The van der Waals surface area contributed by atoms with Gasteiger partial charge in [0.05, 0.1) is 24.7 Å². The van der Waals surface area contributed by atoms with E-state index in [4.69, 9.17) is 14.7 Å². The number of rotatable bonds is 10. The maximum Gasteiger partial charge on any atom is 0.306 e. The first-order chi connectivity index (χ1) is 14.0. The van der Waals surface area contributed by atoms with Crippen LogP contribution in [0.25, 0.3) is 0 Å². The number of ketones is 1. The Bertz CT molecular complexity index is 883. The molecule has 1 amide bonds. The van der Waals surface area contributed by atoms with Crippen LogP contribution in [0.4, 0.5) is 5.69 Å². The maximum atomic E-state index is 12.2. The van der Waals surface area contributed by atoms with Crippen molar-refractivity contribution in [3.8, 4) is 11.8 Å². The molecule has 2 aromatic carbocycles. The van der Waals surface area contributed by atoms with Gasteiger partial charge in [-0.15, -0.1) is 0 Å². The molecule has 150 valence electrons. The van der Waals surface area contributed by atoms with Gasteiger partial charge in [0.1, 0.15) is 5.75 Å². The summed E-state index contributed by atoms with van der Waals surface area (Å²) >= 11 is 0. The Balaban J connectivity index is 1.71. The SMILES string of the molecule is CCCOc1ccc(C(=O)CCC(=O)OCC(=O)Nc2ccc(C#N)cc2)cc1. The molecule has 0 atom stereocenters. The second kappa shape index (κ2) is 11.2. The van der Waals surface area contributed by atoms with Crippen LogP contribution in [0.1, 0.15) is 42.1 Å². The standard InChI is InChI=1S/C22H22N2O5/c1-2-13-28-19-9-5-17(6-10-19)20(25)11-12-22(27)29-15-21(26)24-18-7-3-16(14-23)4-8-18/h3-10H,2,11-13,15H2,1H3,(H,24,26). The normalized spacial score (nSPS) is 9.93. The van der Waals surface area contributed by atoms with Crippen molar-refractivity contribution in [3.05, 3.63) is 59.7 Å². The number of amides is 1. The minimum Gasteiger partial charge on any atom is -0.494 e. The zero-order valence-corrected chi connectivity index (χ0v) is 16.1. The number of Topliss-reactive ketones (excluding diaryl/α,β-unsaturated/α-hetero) is 1. The van der Waals surface area contributed by atoms with Gasteiger partial charge in [0.25, 0.3) is 5.91 Å². The summed E-state index contributed by atoms with van der Waals surface area (Å²) in [6, 6.07) is 15.0. The maximum absolute atomic E-state index is 12.2. The van der Waals surface area contributed by atoms with Crippen molar-refractivity contribution in [1.82, 2.24) is 0 Å². The van der Waals surface area contributed by atoms with E-state index in [0.29, 0.717) is 29.2 Å². The second-order valence-corrected chi connectivity index (χ2v) is 6.19. The molecule has 0 unspecified atom stereocenters. The molecule has 0 aliphatic heterocycles. The van der Waals surface area contributed by atoms with E-state index in [0.717, 1.165) is 6.42 Å². The fourth-order valence-electron chi connectivity index (χ4n) is 2.36. The molecule has 7 nitrogen and oxygen atoms in total. The fourth-order valence-corrected chi connectivity index (χ4v) is 2.36. The lowest BCUT2D eigenvalue weighted by Crippen LogP contribution is -2.21. The molecule has 0 saturated carbocycles. The van der Waals surface area contributed by atoms with E-state index in [9.17, 15) is 14.4 Å². The van der Waals surface area contributed by atoms with E-state index in [1.807, 2.05) is 13.0 Å². The average molecular weight is 394 g/mol. The predicted octanol–water partition coefficient (Wildman–Crippen LogP) is 3.49. The molecule has 1 N–H and O–H groups in total. The van der Waals surface area contributed by atoms with Gasteiger partial charge < -0.3 is 14.8 Å². The van der Waals surface area contributed by atoms with E-state index in [1.165, 1.54) is 0 Å². The first kappa shape index (κ1) is 21.6. The fraction of sp³-hybridized carbons (Fsp3) is 0.273. The van der Waals surface area contributed by atoms with Crippen molar-refractivity contribution in [3.63, 3.8) is 0 Å². The lowest BCUT2D eigenvalue weighted by atomic mass is 10.1. The monoisotopic (exact) mass is 394 g/mol. The quantitative estimate of drug-likeness (QED) is 0.488. The van der Waals surface area contributed by atoms with Crippen molar-refractivity contribution in [1.29, 1.82) is 5.26 Å². The number of esters is 1. The largest absolute Gasteiger partial charge is 0.494 e. The Morgan fingerprint density at radius 2 is 1.69 bits per heavy atom. The molecular formula is C22H22N2O5. The van der Waals surface area contributed by atoms with Gasteiger partial charge in [0, 0.05) is 17.7 Å². The molecule has 0 aliphatic rings. The van der Waals surface area contributed by atoms with Crippen LogP contribution in [-0.4, -0.2) is 30.9 Å². The van der Waals surface area contributed by atoms with E-state index >= 15 is 0 Å². The summed E-state index contributed by atoms with van der Waals surface area (Å²) in [5, 5.41) is 11.3. The highest BCUT2D eigenvalue weighted by atomic mass is 16.5. The van der Waals surface area contributed by atoms with Crippen LogP contribution in [-0.2, 0) is 14.3 Å². The number of hydrogen-bond donors (Lipinski definition) is 1. The molecule has 29 heavy (non-hydrogen) atoms. The van der Waals surface area contributed by atoms with Gasteiger partial charge in [-0.3, -0.25) is 14.4 Å². The summed E-state index contributed by atoms with van der Waals surface area (Å²) in [6.07, 6.45) is 0.774. The van der Waals surface area contributed by atoms with Gasteiger partial charge >= 0.3 is 5.97 Å². The second-order valence-electron chi connectivity index (χ2n) is 6.19. The number of benzene rings is 2. The molecular weight excluding hydrogens is 372 g/mol. The lowest BCUT2D eigenvalue weighted by Gasteiger charge is -2.07. The van der Waals surface area contributed by atoms with Crippen molar-refractivity contribution < 1.29 is 23.9 Å². The number of carbonyl (C=O) groups is 3. The predicted molar refractivity (Wildman–Crippen MR) is 107 cm³/mol. The molecule has 0 spiro atoms. The molecule has 2 rings (SSSR count). The Hall–Kier alpha value is -3.66. The third-order valence-electron chi connectivity index (χ3n) is 3.87. The highest BCUT2D eigenvalue weighted by Crippen LogP contribution is 2.14. The molecule has 2 aromatic rings. The van der Waals surface area contributed by atoms with Crippen molar-refractivity contribution in [2.24, 2.45) is 0 Å². The van der Waals surface area contributed by atoms with Crippen LogP contribution in [0.3, 0.4) is 0 Å². The summed E-state index contributed by atoms with van der Waals surface area (Å²) in [4.78, 5) is 35.7. The number of anilines is 1. The van der Waals surface area contributed by atoms with Crippen LogP contribution in [0.2, 0.25) is 0 Å². The van der Waals surface area contributed by atoms with Gasteiger partial charge in [-0.05, 0) is 55.0 Å². The Labute approximate surface area is 169 Å². The van der Waals surface area contributed by atoms with Crippen LogP contribution < -0.4 is 10.1 Å². The third kappa shape index (κ3) is 7.46. The Morgan fingerprint density at radius 3 is 2.31 bits per heavy atom. The summed E-state index contributed by atoms with van der Waals surface area (Å²) in [5.41, 5.74) is 1.45. The number of hydrogen-bond acceptors (Lipinski definition) is 6. The number of nitriles is 1. The first-order valence-electron chi connectivity index (χ1n) is 9.23. The van der Waals surface area contributed by atoms with Crippen molar-refractivity contribution >= 4 is 23.3 Å². The highest BCUT2D eigenvalue weighted by molar-refractivity contribution is 5.98. The van der Waals surface area contributed by atoms with Gasteiger partial charge in [-0.25, -0.2) is 0 Å². The van der Waals surface area contributed by atoms with Crippen LogP contribution in [0.5, 0.6) is 5.75 Å². The molecule has 0 saturated heterocycles. The zero-order valence-electron chi connectivity index (χ0n) is 16.1. The lowest BCUT2D eigenvalue weighted by molar-refractivity contribution is -0.147. The Kier molecular flexibility index (Phi) is 8.39. The molecule has 0 aliphatic carbocycles. The first-order valence-corrected chi connectivity index (χ1v) is 9.23. The van der Waals surface area contributed by atoms with E-state index in [1.54, 1.807) is 48.5 Å². The Morgan fingerprint density at radius 1 is 1.00 bits per heavy atom. The molecule has 0 aromatic heterocycles. The minimum absolute atomic E-state index is 0.00869. The summed E-state index contributed by atoms with van der Waals surface area (Å²) in [6.45, 7) is 2.17. The highest BCUT2D eigenvalue weighted by Gasteiger charge is 2.12. The smallest absolute Gasteiger partial charge is 0.306 e. The molecule has 7 heteroatoms. The molecule has 0 bridgehead atoms. The molecule has 0 radical (unpaired) electrons. The summed E-state index contributed by atoms with van der Waals surface area (Å²) in [5.74, 6) is -0.629. The van der Waals surface area contributed by atoms with Gasteiger partial charge in [0.15, 0.2) is 12.4 Å². The van der Waals surface area contributed by atoms with E-state index in [-0.39, 0.29) is 18.6 Å². The average Bonchev–Trinajstić information content (AvgIpc) is 2.75. The molecule has 0 fully saturated rings. The summed E-state index contributed by atoms with van der Waals surface area (Å²) in [7, 11) is 0. The van der Waals surface area contributed by atoms with Crippen LogP contribution in [0.15, 0.2) is 48.5 Å². The topological polar surface area (TPSA) is 105 Å². The van der Waals surface area contributed by atoms with E-state index in [2.05, 4.69) is 5.32 Å².